The molecule has 0 aliphatic carbocycles. The van der Waals surface area contributed by atoms with Crippen LogP contribution in [0, 0.1) is 6.92 Å². The number of aryl methyl sites for hydroxylation is 1. The zero-order valence-corrected chi connectivity index (χ0v) is 17.2. The van der Waals surface area contributed by atoms with Crippen molar-refractivity contribution in [1.29, 1.82) is 0 Å². The molecule has 7 heteroatoms. The van der Waals surface area contributed by atoms with Gasteiger partial charge in [0, 0.05) is 37.4 Å². The van der Waals surface area contributed by atoms with Gasteiger partial charge in [-0.1, -0.05) is 23.8 Å². The van der Waals surface area contributed by atoms with Gasteiger partial charge in [-0.25, -0.2) is 0 Å². The van der Waals surface area contributed by atoms with Crippen molar-refractivity contribution in [1.82, 2.24) is 19.8 Å². The molecule has 2 aromatic carbocycles. The highest BCUT2D eigenvalue weighted by Gasteiger charge is 2.20. The molecular weight excluding hydrogens is 376 g/mol. The molecule has 1 fully saturated rings. The van der Waals surface area contributed by atoms with Crippen molar-refractivity contribution in [3.63, 3.8) is 0 Å². The quantitative estimate of drug-likeness (QED) is 0.523. The van der Waals surface area contributed by atoms with E-state index in [0.29, 0.717) is 0 Å². The Balaban J connectivity index is 1.36. The predicted molar refractivity (Wildman–Crippen MR) is 118 cm³/mol. The topological polar surface area (TPSA) is 58.8 Å². The summed E-state index contributed by atoms with van der Waals surface area (Å²) in [6.45, 7) is 5.78. The minimum absolute atomic E-state index is 0.757. The first-order valence-corrected chi connectivity index (χ1v) is 10.1. The number of piperazine rings is 1. The number of rotatable bonds is 4. The first-order chi connectivity index (χ1) is 14.7. The highest BCUT2D eigenvalue weighted by Crippen LogP contribution is 2.24. The van der Waals surface area contributed by atoms with Crippen LogP contribution in [-0.2, 0) is 0 Å². The van der Waals surface area contributed by atoms with Crippen molar-refractivity contribution in [3.05, 3.63) is 66.2 Å². The van der Waals surface area contributed by atoms with E-state index in [9.17, 15) is 0 Å². The van der Waals surface area contributed by atoms with Crippen molar-refractivity contribution < 1.29 is 4.74 Å². The molecule has 2 aromatic heterocycles. The minimum Gasteiger partial charge on any atom is -0.497 e. The number of hydrogen-bond donors (Lipinski definition) is 0. The molecule has 1 aliphatic rings. The van der Waals surface area contributed by atoms with E-state index in [4.69, 9.17) is 9.84 Å². The first kappa shape index (κ1) is 18.4. The van der Waals surface area contributed by atoms with E-state index in [1.165, 1.54) is 11.3 Å². The van der Waals surface area contributed by atoms with Crippen molar-refractivity contribution >= 4 is 17.2 Å². The van der Waals surface area contributed by atoms with Crippen LogP contribution in [0.1, 0.15) is 5.56 Å². The summed E-state index contributed by atoms with van der Waals surface area (Å²) in [6.07, 6.45) is 0. The summed E-state index contributed by atoms with van der Waals surface area (Å²) in [5.41, 5.74) is 4.19. The number of ether oxygens (including phenoxy) is 1. The van der Waals surface area contributed by atoms with Gasteiger partial charge < -0.3 is 14.5 Å². The zero-order valence-electron chi connectivity index (χ0n) is 17.2. The van der Waals surface area contributed by atoms with E-state index in [-0.39, 0.29) is 0 Å². The van der Waals surface area contributed by atoms with Crippen molar-refractivity contribution in [2.45, 2.75) is 6.92 Å². The SMILES string of the molecule is COc1ccc(N2CCN(c3ccc4nnc(-c5cccc(C)c5)n4n3)CC2)cc1. The molecule has 0 atom stereocenters. The van der Waals surface area contributed by atoms with E-state index in [2.05, 4.69) is 51.2 Å². The number of anilines is 2. The Kier molecular flexibility index (Phi) is 4.71. The van der Waals surface area contributed by atoms with Gasteiger partial charge >= 0.3 is 0 Å². The Hall–Kier alpha value is -3.61. The fraction of sp³-hybridized carbons (Fsp3) is 0.261. The average molecular weight is 400 g/mol. The average Bonchev–Trinajstić information content (AvgIpc) is 3.23. The van der Waals surface area contributed by atoms with Gasteiger partial charge in [-0.05, 0) is 49.4 Å². The third-order valence-electron chi connectivity index (χ3n) is 5.57. The maximum Gasteiger partial charge on any atom is 0.185 e. The second kappa shape index (κ2) is 7.67. The summed E-state index contributed by atoms with van der Waals surface area (Å²) in [6, 6.07) is 20.5. The van der Waals surface area contributed by atoms with E-state index in [0.717, 1.165) is 54.8 Å². The lowest BCUT2D eigenvalue weighted by atomic mass is 10.1. The van der Waals surface area contributed by atoms with Gasteiger partial charge in [0.2, 0.25) is 0 Å². The van der Waals surface area contributed by atoms with Gasteiger partial charge in [-0.15, -0.1) is 15.3 Å². The summed E-state index contributed by atoms with van der Waals surface area (Å²) in [5, 5.41) is 13.5. The molecule has 4 aromatic rings. The second-order valence-electron chi connectivity index (χ2n) is 7.53. The Labute approximate surface area is 175 Å². The largest absolute Gasteiger partial charge is 0.497 e. The minimum atomic E-state index is 0.757. The molecule has 3 heterocycles. The smallest absolute Gasteiger partial charge is 0.185 e. The Morgan fingerprint density at radius 1 is 0.833 bits per heavy atom. The summed E-state index contributed by atoms with van der Waals surface area (Å²) >= 11 is 0. The molecule has 1 saturated heterocycles. The maximum absolute atomic E-state index is 5.26. The maximum atomic E-state index is 5.26. The molecule has 0 unspecified atom stereocenters. The van der Waals surface area contributed by atoms with Crippen molar-refractivity contribution in [3.8, 4) is 17.1 Å². The van der Waals surface area contributed by atoms with Crippen LogP contribution in [0.4, 0.5) is 11.5 Å². The fourth-order valence-electron chi connectivity index (χ4n) is 3.90. The van der Waals surface area contributed by atoms with Crippen LogP contribution in [0.2, 0.25) is 0 Å². The van der Waals surface area contributed by atoms with E-state index in [1.54, 1.807) is 7.11 Å². The third-order valence-corrected chi connectivity index (χ3v) is 5.57. The predicted octanol–water partition coefficient (Wildman–Crippen LogP) is 3.43. The summed E-state index contributed by atoms with van der Waals surface area (Å²) in [7, 11) is 1.69. The second-order valence-corrected chi connectivity index (χ2v) is 7.53. The van der Waals surface area contributed by atoms with Crippen molar-refractivity contribution in [2.75, 3.05) is 43.1 Å². The number of nitrogens with zero attached hydrogens (tertiary/aromatic N) is 6. The van der Waals surface area contributed by atoms with Crippen LogP contribution in [-0.4, -0.2) is 53.1 Å². The molecule has 1 aliphatic heterocycles. The molecule has 7 nitrogen and oxygen atoms in total. The molecule has 0 spiro atoms. The van der Waals surface area contributed by atoms with E-state index >= 15 is 0 Å². The molecule has 0 radical (unpaired) electrons. The lowest BCUT2D eigenvalue weighted by Crippen LogP contribution is -2.47. The molecule has 0 saturated carbocycles. The molecule has 152 valence electrons. The fourth-order valence-corrected chi connectivity index (χ4v) is 3.90. The van der Waals surface area contributed by atoms with E-state index in [1.807, 2.05) is 40.9 Å². The lowest BCUT2D eigenvalue weighted by Gasteiger charge is -2.36. The Bertz CT molecular complexity index is 1160. The summed E-state index contributed by atoms with van der Waals surface area (Å²) in [5.74, 6) is 2.60. The molecular formula is C23H24N6O. The van der Waals surface area contributed by atoms with Gasteiger partial charge in [0.05, 0.1) is 7.11 Å². The zero-order chi connectivity index (χ0) is 20.5. The number of benzene rings is 2. The number of aromatic nitrogens is 4. The normalized spacial score (nSPS) is 14.3. The van der Waals surface area contributed by atoms with Gasteiger partial charge in [-0.2, -0.15) is 4.52 Å². The number of hydrogen-bond acceptors (Lipinski definition) is 6. The van der Waals surface area contributed by atoms with Crippen LogP contribution < -0.4 is 14.5 Å². The van der Waals surface area contributed by atoms with Crippen LogP contribution in [0.5, 0.6) is 5.75 Å². The molecule has 5 rings (SSSR count). The van der Waals surface area contributed by atoms with Crippen LogP contribution in [0.3, 0.4) is 0 Å². The molecule has 0 bridgehead atoms. The van der Waals surface area contributed by atoms with Gasteiger partial charge in [0.25, 0.3) is 0 Å². The highest BCUT2D eigenvalue weighted by atomic mass is 16.5. The van der Waals surface area contributed by atoms with Crippen molar-refractivity contribution in [2.24, 2.45) is 0 Å². The van der Waals surface area contributed by atoms with E-state index < -0.39 is 0 Å². The van der Waals surface area contributed by atoms with Gasteiger partial charge in [-0.3, -0.25) is 0 Å². The number of fused-ring (bicyclic) bond motifs is 1. The van der Waals surface area contributed by atoms with Crippen LogP contribution >= 0.6 is 0 Å². The number of methoxy groups -OCH3 is 1. The molecule has 0 N–H and O–H groups in total. The third kappa shape index (κ3) is 3.43. The van der Waals surface area contributed by atoms with Gasteiger partial charge in [0.1, 0.15) is 11.6 Å². The monoisotopic (exact) mass is 400 g/mol. The lowest BCUT2D eigenvalue weighted by molar-refractivity contribution is 0.415. The summed E-state index contributed by atoms with van der Waals surface area (Å²) < 4.78 is 7.11. The molecule has 30 heavy (non-hydrogen) atoms. The standard InChI is InChI=1S/C23H24N6O/c1-17-4-3-5-18(16-17)23-25-24-21-10-11-22(26-29(21)23)28-14-12-27(13-15-28)19-6-8-20(30-2)9-7-19/h3-11,16H,12-15H2,1-2H3. The Morgan fingerprint density at radius 2 is 1.60 bits per heavy atom. The Morgan fingerprint density at radius 3 is 2.33 bits per heavy atom. The first-order valence-electron chi connectivity index (χ1n) is 10.1. The summed E-state index contributed by atoms with van der Waals surface area (Å²) in [4.78, 5) is 4.71. The molecule has 0 amide bonds. The van der Waals surface area contributed by atoms with Gasteiger partial charge in [0.15, 0.2) is 11.5 Å². The van der Waals surface area contributed by atoms with Crippen LogP contribution in [0.25, 0.3) is 17.0 Å². The van der Waals surface area contributed by atoms with Crippen LogP contribution in [0.15, 0.2) is 60.7 Å². The highest BCUT2D eigenvalue weighted by molar-refractivity contribution is 5.60.